The molecule has 152 valence electrons. The number of ether oxygens (including phenoxy) is 2. The number of nitrogens with one attached hydrogen (secondary N) is 1. The Morgan fingerprint density at radius 2 is 1.86 bits per heavy atom. The zero-order valence-electron chi connectivity index (χ0n) is 16.6. The van der Waals surface area contributed by atoms with E-state index < -0.39 is 0 Å². The highest BCUT2D eigenvalue weighted by Gasteiger charge is 2.43. The second-order valence-electron chi connectivity index (χ2n) is 7.98. The molecule has 0 spiro atoms. The predicted octanol–water partition coefficient (Wildman–Crippen LogP) is 2.38. The number of carbonyl (C=O) groups excluding carboxylic acids is 1. The fraction of sp³-hybridized carbons (Fsp3) is 0.619. The van der Waals surface area contributed by atoms with Gasteiger partial charge in [0.25, 0.3) is 0 Å². The summed E-state index contributed by atoms with van der Waals surface area (Å²) in [4.78, 5) is 17.5. The lowest BCUT2D eigenvalue weighted by Crippen LogP contribution is -2.41. The first-order chi connectivity index (χ1) is 13.6. The SMILES string of the molecule is COc1ccc(OC)c(C2CN(C(=S)NC3CC3)CC2C(=O)N2CCCC2)c1. The molecule has 7 heteroatoms. The molecule has 3 aliphatic rings. The smallest absolute Gasteiger partial charge is 0.228 e. The molecule has 6 nitrogen and oxygen atoms in total. The Morgan fingerprint density at radius 1 is 1.11 bits per heavy atom. The highest BCUT2D eigenvalue weighted by molar-refractivity contribution is 7.80. The maximum atomic E-state index is 13.4. The Morgan fingerprint density at radius 3 is 2.50 bits per heavy atom. The van der Waals surface area contributed by atoms with Gasteiger partial charge >= 0.3 is 0 Å². The largest absolute Gasteiger partial charge is 0.497 e. The molecular weight excluding hydrogens is 374 g/mol. The Labute approximate surface area is 172 Å². The normalized spacial score (nSPS) is 24.4. The van der Waals surface area contributed by atoms with Gasteiger partial charge in [-0.05, 0) is 56.1 Å². The number of nitrogens with zero attached hydrogens (tertiary/aromatic N) is 2. The number of hydrogen-bond donors (Lipinski definition) is 1. The van der Waals surface area contributed by atoms with Crippen molar-refractivity contribution in [2.45, 2.75) is 37.6 Å². The van der Waals surface area contributed by atoms with Crippen LogP contribution < -0.4 is 14.8 Å². The highest BCUT2D eigenvalue weighted by Crippen LogP contribution is 2.40. The molecule has 28 heavy (non-hydrogen) atoms. The van der Waals surface area contributed by atoms with E-state index in [9.17, 15) is 4.79 Å². The van der Waals surface area contributed by atoms with E-state index >= 15 is 0 Å². The van der Waals surface area contributed by atoms with Crippen LogP contribution in [-0.2, 0) is 4.79 Å². The molecule has 1 aliphatic carbocycles. The van der Waals surface area contributed by atoms with E-state index in [-0.39, 0.29) is 17.7 Å². The van der Waals surface area contributed by atoms with Gasteiger partial charge in [-0.1, -0.05) is 0 Å². The Kier molecular flexibility index (Phi) is 5.62. The van der Waals surface area contributed by atoms with Gasteiger partial charge < -0.3 is 24.6 Å². The van der Waals surface area contributed by atoms with E-state index in [4.69, 9.17) is 21.7 Å². The van der Waals surface area contributed by atoms with Gasteiger partial charge in [-0.15, -0.1) is 0 Å². The van der Waals surface area contributed by atoms with Gasteiger partial charge in [0.1, 0.15) is 11.5 Å². The second kappa shape index (κ2) is 8.15. The summed E-state index contributed by atoms with van der Waals surface area (Å²) in [7, 11) is 3.34. The number of carbonyl (C=O) groups is 1. The number of rotatable bonds is 5. The number of thiocarbonyl (C=S) groups is 1. The van der Waals surface area contributed by atoms with Crippen molar-refractivity contribution < 1.29 is 14.3 Å². The van der Waals surface area contributed by atoms with E-state index in [1.165, 1.54) is 12.8 Å². The van der Waals surface area contributed by atoms with E-state index in [0.29, 0.717) is 19.1 Å². The topological polar surface area (TPSA) is 54.0 Å². The quantitative estimate of drug-likeness (QED) is 0.762. The van der Waals surface area contributed by atoms with E-state index in [1.807, 2.05) is 23.1 Å². The van der Waals surface area contributed by atoms with Gasteiger partial charge in [-0.25, -0.2) is 0 Å². The minimum absolute atomic E-state index is 0.0251. The first kappa shape index (κ1) is 19.3. The Hall–Kier alpha value is -2.02. The standard InChI is InChI=1S/C21H29N3O3S/c1-26-15-7-8-19(27-2)16(11-15)17-12-24(21(28)22-14-5-6-14)13-18(17)20(25)23-9-3-4-10-23/h7-8,11,14,17-18H,3-6,9-10,12-13H2,1-2H3,(H,22,28). The molecule has 2 saturated heterocycles. The van der Waals surface area contributed by atoms with Crippen molar-refractivity contribution in [2.24, 2.45) is 5.92 Å². The average Bonchev–Trinajstić information content (AvgIpc) is 3.21. The molecule has 2 aliphatic heterocycles. The Balaban J connectivity index is 1.62. The third kappa shape index (κ3) is 3.90. The number of amides is 1. The van der Waals surface area contributed by atoms with Gasteiger partial charge in [0.05, 0.1) is 20.1 Å². The molecule has 1 aromatic rings. The maximum absolute atomic E-state index is 13.4. The van der Waals surface area contributed by atoms with Crippen molar-refractivity contribution in [2.75, 3.05) is 40.4 Å². The molecule has 0 aromatic heterocycles. The summed E-state index contributed by atoms with van der Waals surface area (Å²) >= 11 is 5.65. The van der Waals surface area contributed by atoms with Crippen LogP contribution in [0.15, 0.2) is 18.2 Å². The van der Waals surface area contributed by atoms with Crippen LogP contribution in [0.4, 0.5) is 0 Å². The van der Waals surface area contributed by atoms with Gasteiger partial charge in [-0.3, -0.25) is 4.79 Å². The first-order valence-electron chi connectivity index (χ1n) is 10.2. The van der Waals surface area contributed by atoms with Crippen LogP contribution in [0.2, 0.25) is 0 Å². The summed E-state index contributed by atoms with van der Waals surface area (Å²) in [6.07, 6.45) is 4.54. The molecule has 0 bridgehead atoms. The zero-order valence-corrected chi connectivity index (χ0v) is 17.5. The monoisotopic (exact) mass is 403 g/mol. The Bertz CT molecular complexity index is 746. The van der Waals surface area contributed by atoms with Crippen molar-refractivity contribution in [1.82, 2.24) is 15.1 Å². The summed E-state index contributed by atoms with van der Waals surface area (Å²) in [5, 5.41) is 4.19. The lowest BCUT2D eigenvalue weighted by molar-refractivity contribution is -0.134. The predicted molar refractivity (Wildman–Crippen MR) is 112 cm³/mol. The average molecular weight is 404 g/mol. The molecule has 1 saturated carbocycles. The number of methoxy groups -OCH3 is 2. The summed E-state index contributed by atoms with van der Waals surface area (Å²) in [6.45, 7) is 3.09. The van der Waals surface area contributed by atoms with Gasteiger partial charge in [0.15, 0.2) is 5.11 Å². The van der Waals surface area contributed by atoms with Crippen molar-refractivity contribution in [1.29, 1.82) is 0 Å². The molecule has 2 heterocycles. The minimum atomic E-state index is -0.127. The van der Waals surface area contributed by atoms with Gasteiger partial charge in [0, 0.05) is 43.7 Å². The maximum Gasteiger partial charge on any atom is 0.228 e. The van der Waals surface area contributed by atoms with Crippen LogP contribution in [-0.4, -0.2) is 67.3 Å². The third-order valence-corrected chi connectivity index (χ3v) is 6.46. The van der Waals surface area contributed by atoms with Crippen LogP contribution in [0, 0.1) is 5.92 Å². The number of hydrogen-bond acceptors (Lipinski definition) is 4. The van der Waals surface area contributed by atoms with Crippen molar-refractivity contribution in [3.8, 4) is 11.5 Å². The van der Waals surface area contributed by atoms with E-state index in [0.717, 1.165) is 48.1 Å². The molecule has 4 rings (SSSR count). The summed E-state index contributed by atoms with van der Waals surface area (Å²) < 4.78 is 11.1. The van der Waals surface area contributed by atoms with Gasteiger partial charge in [0.2, 0.25) is 5.91 Å². The first-order valence-corrected chi connectivity index (χ1v) is 10.6. The van der Waals surface area contributed by atoms with Crippen LogP contribution in [0.5, 0.6) is 11.5 Å². The molecule has 3 fully saturated rings. The van der Waals surface area contributed by atoms with Gasteiger partial charge in [-0.2, -0.15) is 0 Å². The number of likely N-dealkylation sites (tertiary alicyclic amines) is 2. The van der Waals surface area contributed by atoms with Crippen LogP contribution in [0.1, 0.15) is 37.2 Å². The molecule has 1 amide bonds. The van der Waals surface area contributed by atoms with Crippen LogP contribution in [0.3, 0.4) is 0 Å². The van der Waals surface area contributed by atoms with Crippen molar-refractivity contribution >= 4 is 23.2 Å². The fourth-order valence-corrected chi connectivity index (χ4v) is 4.65. The molecule has 0 radical (unpaired) electrons. The molecule has 2 unspecified atom stereocenters. The molecule has 1 N–H and O–H groups in total. The lowest BCUT2D eigenvalue weighted by atomic mass is 9.87. The molecular formula is C21H29N3O3S. The summed E-state index contributed by atoms with van der Waals surface area (Å²) in [6, 6.07) is 6.33. The molecule has 2 atom stereocenters. The number of benzene rings is 1. The second-order valence-corrected chi connectivity index (χ2v) is 8.37. The molecule has 1 aromatic carbocycles. The summed E-state index contributed by atoms with van der Waals surface area (Å²) in [5.41, 5.74) is 1.02. The van der Waals surface area contributed by atoms with E-state index in [2.05, 4.69) is 10.2 Å². The summed E-state index contributed by atoms with van der Waals surface area (Å²) in [5.74, 6) is 1.72. The minimum Gasteiger partial charge on any atom is -0.497 e. The highest BCUT2D eigenvalue weighted by atomic mass is 32.1. The van der Waals surface area contributed by atoms with Crippen molar-refractivity contribution in [3.05, 3.63) is 23.8 Å². The van der Waals surface area contributed by atoms with Crippen molar-refractivity contribution in [3.63, 3.8) is 0 Å². The van der Waals surface area contributed by atoms with Crippen LogP contribution in [0.25, 0.3) is 0 Å². The fourth-order valence-electron chi connectivity index (χ4n) is 4.33. The van der Waals surface area contributed by atoms with Crippen LogP contribution >= 0.6 is 12.2 Å². The lowest BCUT2D eigenvalue weighted by Gasteiger charge is -2.25. The van der Waals surface area contributed by atoms with E-state index in [1.54, 1.807) is 14.2 Å². The zero-order chi connectivity index (χ0) is 19.7. The third-order valence-electron chi connectivity index (χ3n) is 6.08.